The molecule has 6 heteroatoms. The van der Waals surface area contributed by atoms with Gasteiger partial charge >= 0.3 is 0 Å². The van der Waals surface area contributed by atoms with Crippen LogP contribution in [0, 0.1) is 11.8 Å². The molecule has 0 amide bonds. The van der Waals surface area contributed by atoms with Crippen LogP contribution in [0.4, 0.5) is 0 Å². The Morgan fingerprint density at radius 2 is 1.50 bits per heavy atom. The molecule has 0 aromatic carbocycles. The van der Waals surface area contributed by atoms with Gasteiger partial charge in [-0.1, -0.05) is 17.6 Å². The standard InChI is InChI=1S/C8H16Cl2N3P/c1-5-3-7-8(4-6(5)2)12-14(11-7)13(9)10/h5-8,11-12H,3-4H2,1-2H3. The molecule has 14 heavy (non-hydrogen) atoms. The Morgan fingerprint density at radius 1 is 1.07 bits per heavy atom. The Morgan fingerprint density at radius 3 is 1.86 bits per heavy atom. The highest BCUT2D eigenvalue weighted by Gasteiger charge is 2.41. The van der Waals surface area contributed by atoms with Crippen LogP contribution < -0.4 is 10.2 Å². The molecular weight excluding hydrogens is 240 g/mol. The Kier molecular flexibility index (Phi) is 3.58. The highest BCUT2D eigenvalue weighted by atomic mass is 35.5. The summed E-state index contributed by atoms with van der Waals surface area (Å²) in [4.78, 5) is 0. The van der Waals surface area contributed by atoms with Gasteiger partial charge in [-0.15, -0.1) is 0 Å². The zero-order valence-corrected chi connectivity index (χ0v) is 10.8. The van der Waals surface area contributed by atoms with Crippen LogP contribution in [0.3, 0.4) is 0 Å². The van der Waals surface area contributed by atoms with Crippen molar-refractivity contribution in [1.82, 2.24) is 13.9 Å². The van der Waals surface area contributed by atoms with Crippen LogP contribution in [0.25, 0.3) is 0 Å². The molecule has 2 rings (SSSR count). The second-order valence-electron chi connectivity index (χ2n) is 4.42. The largest absolute Gasteiger partial charge is 0.265 e. The van der Waals surface area contributed by atoms with Crippen LogP contribution in [-0.4, -0.2) is 15.8 Å². The first kappa shape index (κ1) is 11.4. The maximum atomic E-state index is 5.72. The summed E-state index contributed by atoms with van der Waals surface area (Å²) >= 11 is 11.4. The summed E-state index contributed by atoms with van der Waals surface area (Å²) in [6.45, 7) is 4.64. The molecule has 2 N–H and O–H groups in total. The minimum atomic E-state index is -0.728. The van der Waals surface area contributed by atoms with Gasteiger partial charge in [-0.3, -0.25) is 10.2 Å². The smallest absolute Gasteiger partial charge is 0.146 e. The highest BCUT2D eigenvalue weighted by Crippen LogP contribution is 2.46. The normalized spacial score (nSPS) is 48.2. The van der Waals surface area contributed by atoms with Crippen molar-refractivity contribution in [3.05, 3.63) is 0 Å². The van der Waals surface area contributed by atoms with Crippen molar-refractivity contribution >= 4 is 31.9 Å². The lowest BCUT2D eigenvalue weighted by molar-refractivity contribution is 0.219. The Hall–Kier alpha value is 0.890. The van der Waals surface area contributed by atoms with E-state index < -0.39 is 8.37 Å². The lowest BCUT2D eigenvalue weighted by Gasteiger charge is -2.33. The maximum Gasteiger partial charge on any atom is 0.146 e. The Bertz CT molecular complexity index is 199. The number of fused-ring (bicyclic) bond motifs is 1. The molecule has 1 saturated heterocycles. The van der Waals surface area contributed by atoms with E-state index in [9.17, 15) is 0 Å². The van der Waals surface area contributed by atoms with E-state index >= 15 is 0 Å². The van der Waals surface area contributed by atoms with Gasteiger partial charge in [0.1, 0.15) is 8.37 Å². The van der Waals surface area contributed by atoms with Crippen molar-refractivity contribution in [2.75, 3.05) is 0 Å². The molecule has 3 nitrogen and oxygen atoms in total. The van der Waals surface area contributed by atoms with Crippen LogP contribution in [0.2, 0.25) is 0 Å². The van der Waals surface area contributed by atoms with Crippen molar-refractivity contribution < 1.29 is 0 Å². The molecule has 0 spiro atoms. The lowest BCUT2D eigenvalue weighted by Crippen LogP contribution is -2.42. The molecule has 0 radical (unpaired) electrons. The molecule has 0 bridgehead atoms. The van der Waals surface area contributed by atoms with Gasteiger partial charge in [0, 0.05) is 35.6 Å². The van der Waals surface area contributed by atoms with Gasteiger partial charge in [-0.2, -0.15) is 0 Å². The SMILES string of the molecule is CC1CC2NP(N(Cl)Cl)NC2CC1C. The molecule has 82 valence electrons. The third-order valence-electron chi connectivity index (χ3n) is 3.44. The molecule has 1 heterocycles. The lowest BCUT2D eigenvalue weighted by atomic mass is 9.77. The van der Waals surface area contributed by atoms with Crippen LogP contribution >= 0.6 is 31.9 Å². The van der Waals surface area contributed by atoms with Gasteiger partial charge in [-0.25, -0.2) is 0 Å². The van der Waals surface area contributed by atoms with Gasteiger partial charge in [0.05, 0.1) is 0 Å². The van der Waals surface area contributed by atoms with Crippen LogP contribution in [-0.2, 0) is 0 Å². The Labute approximate surface area is 96.6 Å². The quantitative estimate of drug-likeness (QED) is 0.558. The van der Waals surface area contributed by atoms with Crippen molar-refractivity contribution in [2.24, 2.45) is 11.8 Å². The molecule has 4 unspecified atom stereocenters. The summed E-state index contributed by atoms with van der Waals surface area (Å²) in [7, 11) is -0.728. The molecule has 1 aliphatic carbocycles. The second kappa shape index (κ2) is 4.40. The summed E-state index contributed by atoms with van der Waals surface area (Å²) < 4.78 is 1.23. The maximum absolute atomic E-state index is 5.72. The van der Waals surface area contributed by atoms with E-state index in [-0.39, 0.29) is 0 Å². The summed E-state index contributed by atoms with van der Waals surface area (Å²) in [5, 5.41) is 6.92. The average Bonchev–Trinajstić information content (AvgIpc) is 2.48. The summed E-state index contributed by atoms with van der Waals surface area (Å²) in [6, 6.07) is 1.10. The van der Waals surface area contributed by atoms with Gasteiger partial charge in [0.2, 0.25) is 0 Å². The topological polar surface area (TPSA) is 27.3 Å². The van der Waals surface area contributed by atoms with E-state index in [1.165, 1.54) is 16.6 Å². The number of hydrogen-bond acceptors (Lipinski definition) is 3. The average molecular weight is 256 g/mol. The monoisotopic (exact) mass is 255 g/mol. The van der Waals surface area contributed by atoms with E-state index in [1.807, 2.05) is 0 Å². The van der Waals surface area contributed by atoms with E-state index in [4.69, 9.17) is 23.6 Å². The van der Waals surface area contributed by atoms with Crippen molar-refractivity contribution in [3.63, 3.8) is 0 Å². The molecule has 0 aromatic rings. The molecule has 1 saturated carbocycles. The molecule has 0 aromatic heterocycles. The summed E-state index contributed by atoms with van der Waals surface area (Å²) in [6.07, 6.45) is 2.44. The minimum Gasteiger partial charge on any atom is -0.265 e. The number of nitrogens with zero attached hydrogens (tertiary/aromatic N) is 1. The summed E-state index contributed by atoms with van der Waals surface area (Å²) in [5.41, 5.74) is 0. The number of hydrogen-bond donors (Lipinski definition) is 2. The fourth-order valence-electron chi connectivity index (χ4n) is 2.32. The van der Waals surface area contributed by atoms with Crippen LogP contribution in [0.5, 0.6) is 0 Å². The second-order valence-corrected chi connectivity index (χ2v) is 7.28. The van der Waals surface area contributed by atoms with Gasteiger partial charge in [0.15, 0.2) is 0 Å². The van der Waals surface area contributed by atoms with Crippen molar-refractivity contribution in [1.29, 1.82) is 0 Å². The first-order valence-electron chi connectivity index (χ1n) is 5.02. The van der Waals surface area contributed by atoms with E-state index in [0.717, 1.165) is 11.8 Å². The van der Waals surface area contributed by atoms with Crippen LogP contribution in [0.1, 0.15) is 26.7 Å². The zero-order chi connectivity index (χ0) is 10.3. The minimum absolute atomic E-state index is 0.548. The van der Waals surface area contributed by atoms with Gasteiger partial charge in [0.25, 0.3) is 0 Å². The van der Waals surface area contributed by atoms with Crippen LogP contribution in [0.15, 0.2) is 0 Å². The summed E-state index contributed by atoms with van der Waals surface area (Å²) in [5.74, 6) is 1.58. The van der Waals surface area contributed by atoms with Crippen molar-refractivity contribution in [2.45, 2.75) is 38.8 Å². The number of nitrogens with one attached hydrogen (secondary N) is 2. The third kappa shape index (κ3) is 2.18. The highest BCUT2D eigenvalue weighted by molar-refractivity contribution is 7.54. The molecule has 2 fully saturated rings. The fourth-order valence-corrected chi connectivity index (χ4v) is 4.29. The molecule has 4 atom stereocenters. The zero-order valence-electron chi connectivity index (χ0n) is 8.37. The predicted octanol–water partition coefficient (Wildman–Crippen LogP) is 2.82. The third-order valence-corrected chi connectivity index (χ3v) is 5.80. The number of halogens is 2. The predicted molar refractivity (Wildman–Crippen MR) is 61.9 cm³/mol. The first-order chi connectivity index (χ1) is 6.58. The Balaban J connectivity index is 1.98. The van der Waals surface area contributed by atoms with Crippen molar-refractivity contribution in [3.8, 4) is 0 Å². The molecular formula is C8H16Cl2N3P. The van der Waals surface area contributed by atoms with Gasteiger partial charge in [-0.05, 0) is 24.7 Å². The van der Waals surface area contributed by atoms with E-state index in [1.54, 1.807) is 0 Å². The fraction of sp³-hybridized carbons (Fsp3) is 1.00. The number of rotatable bonds is 1. The molecule has 2 aliphatic rings. The molecule has 1 aliphatic heterocycles. The first-order valence-corrected chi connectivity index (χ1v) is 6.99. The van der Waals surface area contributed by atoms with Gasteiger partial charge < -0.3 is 0 Å². The van der Waals surface area contributed by atoms with E-state index in [2.05, 4.69) is 24.0 Å². The van der Waals surface area contributed by atoms with E-state index in [0.29, 0.717) is 12.1 Å².